The molecule has 0 aliphatic heterocycles. The molecule has 0 aliphatic carbocycles. The highest BCUT2D eigenvalue weighted by Crippen LogP contribution is 2.13. The van der Waals surface area contributed by atoms with Gasteiger partial charge in [-0.3, -0.25) is 24.0 Å². The molecule has 0 heterocycles. The highest BCUT2D eigenvalue weighted by Gasteiger charge is 2.37. The topological polar surface area (TPSA) is 341 Å². The molecule has 0 bridgehead atoms. The number of nitrogens with two attached hydrogens (primary N) is 1. The number of carboxylic acids is 3. The van der Waals surface area contributed by atoms with E-state index in [1.807, 2.05) is 0 Å². The number of carboxylic acid groups (broad SMARTS) is 3. The zero-order chi connectivity index (χ0) is 35.7. The molecule has 20 nitrogen and oxygen atoms in total. The normalized spacial score (nSPS) is 16.9. The predicted molar refractivity (Wildman–Crippen MR) is 153 cm³/mol. The third-order valence-corrected chi connectivity index (χ3v) is 6.50. The summed E-state index contributed by atoms with van der Waals surface area (Å²) in [7, 11) is 0. The lowest BCUT2D eigenvalue weighted by Crippen LogP contribution is -2.57. The van der Waals surface area contributed by atoms with Crippen LogP contribution in [-0.2, 0) is 43.1 Å². The summed E-state index contributed by atoms with van der Waals surface area (Å²) in [6.45, 7) is 2.41. The molecule has 0 spiro atoms. The molecule has 0 radical (unpaired) electrons. The maximum absolute atomic E-state index is 12.7. The molecule has 4 amide bonds. The van der Waals surface area contributed by atoms with Crippen LogP contribution in [0.15, 0.2) is 0 Å². The number of nitrogens with one attached hydrogen (secondary N) is 4. The van der Waals surface area contributed by atoms with Crippen molar-refractivity contribution in [3.8, 4) is 0 Å². The van der Waals surface area contributed by atoms with Crippen LogP contribution in [0.1, 0.15) is 52.9 Å². The molecule has 0 aliphatic rings. The zero-order valence-electron chi connectivity index (χ0n) is 25.5. The molecular weight excluding hydrogens is 622 g/mol. The van der Waals surface area contributed by atoms with Crippen molar-refractivity contribution in [2.45, 2.75) is 108 Å². The number of rotatable bonds is 23. The van der Waals surface area contributed by atoms with Gasteiger partial charge in [-0.15, -0.1) is 0 Å². The van der Waals surface area contributed by atoms with Gasteiger partial charge in [-0.25, -0.2) is 9.59 Å². The largest absolute Gasteiger partial charge is 0.480 e. The Labute approximate surface area is 263 Å². The van der Waals surface area contributed by atoms with Crippen LogP contribution < -0.4 is 27.0 Å². The van der Waals surface area contributed by atoms with Gasteiger partial charge in [-0.2, -0.15) is 0 Å². The van der Waals surface area contributed by atoms with E-state index in [1.165, 1.54) is 6.92 Å². The number of aldehydes is 1. The molecule has 46 heavy (non-hydrogen) atoms. The van der Waals surface area contributed by atoms with Crippen molar-refractivity contribution in [1.82, 2.24) is 21.3 Å². The second-order valence-corrected chi connectivity index (χ2v) is 10.3. The van der Waals surface area contributed by atoms with Crippen LogP contribution in [0.4, 0.5) is 0 Å². The van der Waals surface area contributed by atoms with Crippen LogP contribution in [0.2, 0.25) is 0 Å². The SMILES string of the molecule is CC(=O)NC(C=O)C(OC(C)C(=O)NC(C)C(=O)NC(CCC(=O)NC(CCCC(N)C(=O)O)C(=O)O)C(=O)O)C(O)C(O)CO. The van der Waals surface area contributed by atoms with Crippen LogP contribution in [0.3, 0.4) is 0 Å². The van der Waals surface area contributed by atoms with Crippen molar-refractivity contribution in [1.29, 1.82) is 0 Å². The van der Waals surface area contributed by atoms with Crippen LogP contribution >= 0.6 is 0 Å². The Hall–Kier alpha value is -4.24. The van der Waals surface area contributed by atoms with Gasteiger partial charge in [0.25, 0.3) is 0 Å². The van der Waals surface area contributed by atoms with Crippen LogP contribution in [0.25, 0.3) is 0 Å². The van der Waals surface area contributed by atoms with E-state index in [9.17, 15) is 58.8 Å². The van der Waals surface area contributed by atoms with E-state index in [0.29, 0.717) is 0 Å². The maximum Gasteiger partial charge on any atom is 0.326 e. The molecule has 0 aromatic carbocycles. The summed E-state index contributed by atoms with van der Waals surface area (Å²) in [5.41, 5.74) is 5.36. The first-order valence-corrected chi connectivity index (χ1v) is 14.0. The number of ether oxygens (including phenoxy) is 1. The van der Waals surface area contributed by atoms with Crippen molar-refractivity contribution in [2.75, 3.05) is 6.61 Å². The van der Waals surface area contributed by atoms with Gasteiger partial charge in [0.2, 0.25) is 23.6 Å². The molecule has 12 N–H and O–H groups in total. The summed E-state index contributed by atoms with van der Waals surface area (Å²) in [6.07, 6.45) is -8.00. The number of aliphatic hydroxyl groups excluding tert-OH is 3. The minimum Gasteiger partial charge on any atom is -0.480 e. The second kappa shape index (κ2) is 20.7. The molecule has 0 saturated heterocycles. The van der Waals surface area contributed by atoms with E-state index < -0.39 is 116 Å². The van der Waals surface area contributed by atoms with Gasteiger partial charge in [-0.05, 0) is 39.5 Å². The second-order valence-electron chi connectivity index (χ2n) is 10.3. The number of carbonyl (C=O) groups excluding carboxylic acids is 5. The fourth-order valence-corrected chi connectivity index (χ4v) is 3.85. The smallest absolute Gasteiger partial charge is 0.326 e. The lowest BCUT2D eigenvalue weighted by molar-refractivity contribution is -0.158. The molecule has 20 heteroatoms. The first-order chi connectivity index (χ1) is 21.4. The van der Waals surface area contributed by atoms with E-state index >= 15 is 0 Å². The van der Waals surface area contributed by atoms with Crippen molar-refractivity contribution >= 4 is 47.8 Å². The molecule has 262 valence electrons. The monoisotopic (exact) mass is 665 g/mol. The van der Waals surface area contributed by atoms with Gasteiger partial charge in [0.15, 0.2) is 0 Å². The minimum atomic E-state index is -1.95. The van der Waals surface area contributed by atoms with Crippen molar-refractivity contribution in [3.05, 3.63) is 0 Å². The summed E-state index contributed by atoms with van der Waals surface area (Å²) < 4.78 is 5.39. The Balaban J connectivity index is 5.24. The van der Waals surface area contributed by atoms with Crippen LogP contribution in [0, 0.1) is 0 Å². The van der Waals surface area contributed by atoms with Crippen molar-refractivity contribution in [2.24, 2.45) is 5.73 Å². The fraction of sp³-hybridized carbons (Fsp3) is 0.692. The van der Waals surface area contributed by atoms with Gasteiger partial charge in [0.1, 0.15) is 60.9 Å². The van der Waals surface area contributed by atoms with Crippen molar-refractivity contribution in [3.63, 3.8) is 0 Å². The van der Waals surface area contributed by atoms with Crippen LogP contribution in [0.5, 0.6) is 0 Å². The molecule has 0 saturated carbocycles. The molecule has 0 aromatic rings. The Kier molecular flexibility index (Phi) is 18.8. The number of amides is 4. The van der Waals surface area contributed by atoms with E-state index in [1.54, 1.807) is 0 Å². The lowest BCUT2D eigenvalue weighted by atomic mass is 10.0. The third kappa shape index (κ3) is 15.2. The van der Waals surface area contributed by atoms with Gasteiger partial charge in [-0.1, -0.05) is 0 Å². The quantitative estimate of drug-likeness (QED) is 0.0456. The van der Waals surface area contributed by atoms with E-state index in [0.717, 1.165) is 13.8 Å². The molecule has 0 aromatic heterocycles. The average Bonchev–Trinajstić information content (AvgIpc) is 2.98. The van der Waals surface area contributed by atoms with Crippen molar-refractivity contribution < 1.29 is 73.7 Å². The fourth-order valence-electron chi connectivity index (χ4n) is 3.85. The first-order valence-electron chi connectivity index (χ1n) is 14.0. The summed E-state index contributed by atoms with van der Waals surface area (Å²) in [5.74, 6) is -7.83. The lowest BCUT2D eigenvalue weighted by Gasteiger charge is -2.32. The van der Waals surface area contributed by atoms with Gasteiger partial charge >= 0.3 is 17.9 Å². The summed E-state index contributed by atoms with van der Waals surface area (Å²) in [4.78, 5) is 94.5. The number of carbonyl (C=O) groups is 8. The molecular formula is C26H43N5O15. The number of hydrogen-bond donors (Lipinski definition) is 11. The third-order valence-electron chi connectivity index (χ3n) is 6.50. The Morgan fingerprint density at radius 3 is 1.85 bits per heavy atom. The van der Waals surface area contributed by atoms with E-state index in [2.05, 4.69) is 21.3 Å². The standard InChI is InChI=1S/C26H43N5O15/c1-11(28-23(39)12(2)46-21(20(37)18(35)10-33)17(9-32)29-13(3)34)22(38)31-16(26(44)45)7-8-19(36)30-15(25(42)43)6-4-5-14(27)24(40)41/h9,11-12,14-18,20-21,33,35,37H,4-8,10,27H2,1-3H3,(H,28,39)(H,29,34)(H,30,36)(H,31,38)(H,40,41)(H,42,43)(H,44,45). The number of aliphatic hydroxyl groups is 3. The highest BCUT2D eigenvalue weighted by atomic mass is 16.5. The van der Waals surface area contributed by atoms with Gasteiger partial charge in [0.05, 0.1) is 6.61 Å². The Bertz CT molecular complexity index is 1090. The van der Waals surface area contributed by atoms with E-state index in [4.69, 9.17) is 20.7 Å². The average molecular weight is 666 g/mol. The summed E-state index contributed by atoms with van der Waals surface area (Å²) >= 11 is 0. The zero-order valence-corrected chi connectivity index (χ0v) is 25.5. The maximum atomic E-state index is 12.7. The molecule has 9 unspecified atom stereocenters. The summed E-state index contributed by atoms with van der Waals surface area (Å²) in [6, 6.07) is -7.22. The Morgan fingerprint density at radius 1 is 0.804 bits per heavy atom. The molecule has 0 rings (SSSR count). The highest BCUT2D eigenvalue weighted by molar-refractivity contribution is 5.91. The predicted octanol–water partition coefficient (Wildman–Crippen LogP) is -4.82. The van der Waals surface area contributed by atoms with Gasteiger partial charge < -0.3 is 67.2 Å². The number of aliphatic carboxylic acids is 3. The first kappa shape index (κ1) is 41.8. The number of hydrogen-bond acceptors (Lipinski definition) is 13. The molecule has 0 fully saturated rings. The van der Waals surface area contributed by atoms with Crippen LogP contribution in [-0.4, -0.2) is 140 Å². The Morgan fingerprint density at radius 2 is 1.37 bits per heavy atom. The van der Waals surface area contributed by atoms with Gasteiger partial charge in [0, 0.05) is 13.3 Å². The minimum absolute atomic E-state index is 0.0482. The molecule has 9 atom stereocenters. The van der Waals surface area contributed by atoms with E-state index in [-0.39, 0.29) is 25.5 Å². The summed E-state index contributed by atoms with van der Waals surface area (Å²) in [5, 5.41) is 65.6.